The topological polar surface area (TPSA) is 3.88 Å². The van der Waals surface area contributed by atoms with Crippen molar-refractivity contribution in [3.05, 3.63) is 66.0 Å². The van der Waals surface area contributed by atoms with Crippen LogP contribution in [0, 0.1) is 0 Å². The first-order valence-corrected chi connectivity index (χ1v) is 7.56. The van der Waals surface area contributed by atoms with Gasteiger partial charge in [0.25, 0.3) is 0 Å². The number of rotatable bonds is 6. The van der Waals surface area contributed by atoms with Gasteiger partial charge in [-0.15, -0.1) is 0 Å². The molecule has 2 heteroatoms. The lowest BCUT2D eigenvalue weighted by atomic mass is 10.1. The van der Waals surface area contributed by atoms with E-state index in [2.05, 4.69) is 86.7 Å². The summed E-state index contributed by atoms with van der Waals surface area (Å²) >= 11 is 0. The molecule has 1 aromatic carbocycles. The van der Waals surface area contributed by atoms with Gasteiger partial charge in [0.1, 0.15) is 0 Å². The highest BCUT2D eigenvalue weighted by Crippen LogP contribution is 2.06. The second-order valence-electron chi connectivity index (χ2n) is 6.48. The van der Waals surface area contributed by atoms with Crippen LogP contribution in [0.3, 0.4) is 0 Å². The van der Waals surface area contributed by atoms with Crippen molar-refractivity contribution in [2.75, 3.05) is 27.7 Å². The third kappa shape index (κ3) is 5.92. The van der Waals surface area contributed by atoms with Gasteiger partial charge in [-0.1, -0.05) is 42.5 Å². The fourth-order valence-corrected chi connectivity index (χ4v) is 2.21. The molecule has 0 N–H and O–H groups in total. The van der Waals surface area contributed by atoms with E-state index in [0.29, 0.717) is 0 Å². The number of benzene rings is 1. The highest BCUT2D eigenvalue weighted by molar-refractivity contribution is 5.68. The van der Waals surface area contributed by atoms with Gasteiger partial charge in [-0.2, -0.15) is 0 Å². The number of pyridine rings is 1. The molecule has 0 aliphatic rings. The average molecular weight is 282 g/mol. The first kappa shape index (κ1) is 15.5. The zero-order valence-corrected chi connectivity index (χ0v) is 13.4. The fraction of sp³-hybridized carbons (Fsp3) is 0.316. The second kappa shape index (κ2) is 7.19. The van der Waals surface area contributed by atoms with E-state index in [0.717, 1.165) is 11.0 Å². The summed E-state index contributed by atoms with van der Waals surface area (Å²) in [7, 11) is 6.71. The molecule has 0 atom stereocenters. The first-order valence-electron chi connectivity index (χ1n) is 7.56. The molecule has 110 valence electrons. The van der Waals surface area contributed by atoms with E-state index in [1.165, 1.54) is 24.1 Å². The Bertz CT molecular complexity index is 563. The number of hydrogen-bond acceptors (Lipinski definition) is 0. The molecule has 2 nitrogen and oxygen atoms in total. The van der Waals surface area contributed by atoms with E-state index in [1.807, 2.05) is 6.07 Å². The van der Waals surface area contributed by atoms with Gasteiger partial charge in [0.15, 0.2) is 18.9 Å². The number of aromatic nitrogens is 1. The Hall–Kier alpha value is -1.93. The summed E-state index contributed by atoms with van der Waals surface area (Å²) in [6.45, 7) is 2.28. The number of nitrogens with zero attached hydrogens (tertiary/aromatic N) is 2. The van der Waals surface area contributed by atoms with Crippen molar-refractivity contribution in [1.82, 2.24) is 0 Å². The molecule has 0 aliphatic heterocycles. The number of quaternary nitrogens is 1. The van der Waals surface area contributed by atoms with Crippen molar-refractivity contribution < 1.29 is 9.05 Å². The molecule has 0 spiro atoms. The Morgan fingerprint density at radius 3 is 2.00 bits per heavy atom. The summed E-state index contributed by atoms with van der Waals surface area (Å²) in [5.74, 6) is 0. The lowest BCUT2D eigenvalue weighted by Crippen LogP contribution is -2.39. The molecule has 0 bridgehead atoms. The molecule has 1 aromatic heterocycles. The minimum absolute atomic E-state index is 1.03. The van der Waals surface area contributed by atoms with Crippen LogP contribution in [0.5, 0.6) is 0 Å². The zero-order chi connectivity index (χ0) is 15.1. The normalized spacial score (nSPS) is 12.0. The Balaban J connectivity index is 1.89. The summed E-state index contributed by atoms with van der Waals surface area (Å²) in [5, 5.41) is 0. The Labute approximate surface area is 128 Å². The van der Waals surface area contributed by atoms with Crippen LogP contribution in [-0.2, 0) is 6.54 Å². The summed E-state index contributed by atoms with van der Waals surface area (Å²) in [6.07, 6.45) is 9.84. The molecule has 0 saturated carbocycles. The third-order valence-electron chi connectivity index (χ3n) is 3.43. The van der Waals surface area contributed by atoms with Crippen molar-refractivity contribution in [3.8, 4) is 0 Å². The van der Waals surface area contributed by atoms with Crippen molar-refractivity contribution in [2.24, 2.45) is 0 Å². The molecule has 1 heterocycles. The number of hydrogen-bond donors (Lipinski definition) is 0. The van der Waals surface area contributed by atoms with Gasteiger partial charge in [0.05, 0.1) is 34.1 Å². The minimum atomic E-state index is 1.03. The van der Waals surface area contributed by atoms with Gasteiger partial charge in [0, 0.05) is 12.1 Å². The van der Waals surface area contributed by atoms with Crippen molar-refractivity contribution >= 4 is 12.2 Å². The first-order chi connectivity index (χ1) is 10.0. The third-order valence-corrected chi connectivity index (χ3v) is 3.43. The maximum absolute atomic E-state index is 2.26. The van der Waals surface area contributed by atoms with Gasteiger partial charge in [-0.05, 0) is 11.1 Å². The highest BCUT2D eigenvalue weighted by Gasteiger charge is 2.08. The molecule has 21 heavy (non-hydrogen) atoms. The summed E-state index contributed by atoms with van der Waals surface area (Å²) in [6, 6.07) is 14.7. The van der Waals surface area contributed by atoms with E-state index in [9.17, 15) is 0 Å². The molecule has 2 aromatic rings. The van der Waals surface area contributed by atoms with E-state index in [-0.39, 0.29) is 0 Å². The summed E-state index contributed by atoms with van der Waals surface area (Å²) < 4.78 is 3.29. The van der Waals surface area contributed by atoms with Gasteiger partial charge in [0.2, 0.25) is 0 Å². The number of aryl methyl sites for hydroxylation is 1. The fourth-order valence-electron chi connectivity index (χ4n) is 2.21. The molecule has 0 fully saturated rings. The average Bonchev–Trinajstić information content (AvgIpc) is 2.46. The predicted molar refractivity (Wildman–Crippen MR) is 89.5 cm³/mol. The second-order valence-corrected chi connectivity index (χ2v) is 6.48. The molecule has 0 unspecified atom stereocenters. The SMILES string of the molecule is C[N+](C)(C)CCC[n+]1ccc(C=Cc2ccccc2)cc1. The zero-order valence-electron chi connectivity index (χ0n) is 13.4. The van der Waals surface area contributed by atoms with Crippen LogP contribution in [0.2, 0.25) is 0 Å². The van der Waals surface area contributed by atoms with Gasteiger partial charge in [-0.25, -0.2) is 4.57 Å². The van der Waals surface area contributed by atoms with E-state index in [1.54, 1.807) is 0 Å². The van der Waals surface area contributed by atoms with Crippen LogP contribution < -0.4 is 4.57 Å². The molecule has 0 radical (unpaired) electrons. The van der Waals surface area contributed by atoms with Gasteiger partial charge in [-0.3, -0.25) is 0 Å². The molecule has 0 aliphatic carbocycles. The van der Waals surface area contributed by atoms with Crippen LogP contribution >= 0.6 is 0 Å². The Morgan fingerprint density at radius 1 is 0.857 bits per heavy atom. The lowest BCUT2D eigenvalue weighted by molar-refractivity contribution is -0.873. The molecule has 2 rings (SSSR count). The smallest absolute Gasteiger partial charge is 0.169 e. The van der Waals surface area contributed by atoms with Crippen molar-refractivity contribution in [2.45, 2.75) is 13.0 Å². The largest absolute Gasteiger partial charge is 0.331 e. The maximum atomic E-state index is 2.26. The van der Waals surface area contributed by atoms with Crippen molar-refractivity contribution in [3.63, 3.8) is 0 Å². The summed E-state index contributed by atoms with van der Waals surface area (Å²) in [5.41, 5.74) is 2.47. The van der Waals surface area contributed by atoms with Crippen LogP contribution in [0.4, 0.5) is 0 Å². The van der Waals surface area contributed by atoms with Crippen LogP contribution in [0.25, 0.3) is 12.2 Å². The van der Waals surface area contributed by atoms with Crippen LogP contribution in [-0.4, -0.2) is 32.2 Å². The van der Waals surface area contributed by atoms with Crippen LogP contribution in [0.1, 0.15) is 17.5 Å². The molecular weight excluding hydrogens is 256 g/mol. The maximum Gasteiger partial charge on any atom is 0.169 e. The summed E-state index contributed by atoms with van der Waals surface area (Å²) in [4.78, 5) is 0. The van der Waals surface area contributed by atoms with Crippen molar-refractivity contribution in [1.29, 1.82) is 0 Å². The Kier molecular flexibility index (Phi) is 5.29. The Morgan fingerprint density at radius 2 is 1.43 bits per heavy atom. The van der Waals surface area contributed by atoms with Crippen LogP contribution in [0.15, 0.2) is 54.9 Å². The predicted octanol–water partition coefficient (Wildman–Crippen LogP) is 3.24. The van der Waals surface area contributed by atoms with E-state index >= 15 is 0 Å². The van der Waals surface area contributed by atoms with E-state index in [4.69, 9.17) is 0 Å². The quantitative estimate of drug-likeness (QED) is 0.566. The van der Waals surface area contributed by atoms with Gasteiger partial charge < -0.3 is 4.48 Å². The molecule has 0 amide bonds. The monoisotopic (exact) mass is 282 g/mol. The lowest BCUT2D eigenvalue weighted by Gasteiger charge is -2.22. The minimum Gasteiger partial charge on any atom is -0.331 e. The van der Waals surface area contributed by atoms with E-state index < -0.39 is 0 Å². The van der Waals surface area contributed by atoms with Gasteiger partial charge >= 0.3 is 0 Å². The molecular formula is C19H26N2+2. The highest BCUT2D eigenvalue weighted by atomic mass is 15.3. The molecule has 0 saturated heterocycles. The standard InChI is InChI=1S/C19H26N2/c1-21(2,3)17-7-14-20-15-12-19(13-16-20)11-10-18-8-5-4-6-9-18/h4-6,8-13,15-16H,7,14,17H2,1-3H3/q+2.